The van der Waals surface area contributed by atoms with Gasteiger partial charge in [0.05, 0.1) is 6.42 Å². The summed E-state index contributed by atoms with van der Waals surface area (Å²) in [6, 6.07) is 4.92. The van der Waals surface area contributed by atoms with E-state index in [0.717, 1.165) is 0 Å². The van der Waals surface area contributed by atoms with Gasteiger partial charge in [0.2, 0.25) is 0 Å². The number of fused-ring (bicyclic) bond motifs is 1. The van der Waals surface area contributed by atoms with Crippen LogP contribution in [0.15, 0.2) is 22.6 Å². The molecule has 2 aromatic rings. The van der Waals surface area contributed by atoms with E-state index < -0.39 is 5.97 Å². The zero-order chi connectivity index (χ0) is 12.4. The molecule has 1 aromatic carbocycles. The van der Waals surface area contributed by atoms with Gasteiger partial charge in [0.1, 0.15) is 5.52 Å². The number of carboxylic acid groups (broad SMARTS) is 1. The molecule has 17 heavy (non-hydrogen) atoms. The van der Waals surface area contributed by atoms with Gasteiger partial charge in [-0.2, -0.15) is 0 Å². The maximum absolute atomic E-state index is 11.7. The largest absolute Gasteiger partial charge is 0.481 e. The summed E-state index contributed by atoms with van der Waals surface area (Å²) < 4.78 is 5.30. The number of aliphatic carboxylic acids is 1. The number of hydrogen-bond acceptors (Lipinski definition) is 4. The molecule has 0 saturated heterocycles. The van der Waals surface area contributed by atoms with E-state index >= 15 is 0 Å². The normalized spacial score (nSPS) is 10.6. The van der Waals surface area contributed by atoms with E-state index in [1.807, 2.05) is 0 Å². The van der Waals surface area contributed by atoms with E-state index in [4.69, 9.17) is 9.52 Å². The van der Waals surface area contributed by atoms with Crippen LogP contribution in [0.2, 0.25) is 0 Å². The predicted octanol–water partition coefficient (Wildman–Crippen LogP) is 2.18. The number of rotatable bonds is 4. The van der Waals surface area contributed by atoms with Gasteiger partial charge in [-0.3, -0.25) is 9.59 Å². The summed E-state index contributed by atoms with van der Waals surface area (Å²) in [6.07, 6.45) is -0.166. The predicted molar refractivity (Wildman–Crippen MR) is 59.9 cm³/mol. The zero-order valence-corrected chi connectivity index (χ0v) is 9.27. The summed E-state index contributed by atoms with van der Waals surface area (Å²) in [7, 11) is 0. The number of aryl methyl sites for hydroxylation is 1. The molecule has 0 atom stereocenters. The summed E-state index contributed by atoms with van der Waals surface area (Å²) in [6.45, 7) is 1.73. The standard InChI is InChI=1S/C12H11NO4/c1-7-13-9-3-2-8(6-11(9)17-7)10(14)4-5-12(15)16/h2-3,6H,4-5H2,1H3,(H,15,16). The van der Waals surface area contributed by atoms with Crippen LogP contribution < -0.4 is 0 Å². The van der Waals surface area contributed by atoms with E-state index in [-0.39, 0.29) is 18.6 Å². The fraction of sp³-hybridized carbons (Fsp3) is 0.250. The Kier molecular flexibility index (Phi) is 2.91. The van der Waals surface area contributed by atoms with Gasteiger partial charge in [0.15, 0.2) is 17.3 Å². The van der Waals surface area contributed by atoms with Gasteiger partial charge in [-0.05, 0) is 18.2 Å². The number of aromatic nitrogens is 1. The minimum atomic E-state index is -0.977. The topological polar surface area (TPSA) is 80.4 Å². The molecular weight excluding hydrogens is 222 g/mol. The molecule has 1 N–H and O–H groups in total. The van der Waals surface area contributed by atoms with Gasteiger partial charge in [-0.15, -0.1) is 0 Å². The molecule has 1 aromatic heterocycles. The number of Topliss-reactive ketones (excluding diaryl/α,β-unsaturated/α-hetero) is 1. The summed E-state index contributed by atoms with van der Waals surface area (Å²) >= 11 is 0. The highest BCUT2D eigenvalue weighted by molar-refractivity contribution is 5.99. The fourth-order valence-electron chi connectivity index (χ4n) is 1.58. The molecule has 0 aliphatic rings. The summed E-state index contributed by atoms with van der Waals surface area (Å²) in [5.41, 5.74) is 1.69. The lowest BCUT2D eigenvalue weighted by Crippen LogP contribution is -2.03. The number of oxazole rings is 1. The number of benzene rings is 1. The summed E-state index contributed by atoms with van der Waals surface area (Å²) in [4.78, 5) is 26.2. The van der Waals surface area contributed by atoms with Gasteiger partial charge in [0.25, 0.3) is 0 Å². The Morgan fingerprint density at radius 2 is 2.12 bits per heavy atom. The average molecular weight is 233 g/mol. The van der Waals surface area contributed by atoms with Crippen LogP contribution in [0.5, 0.6) is 0 Å². The Hall–Kier alpha value is -2.17. The number of nitrogens with zero attached hydrogens (tertiary/aromatic N) is 1. The van der Waals surface area contributed by atoms with Crippen molar-refractivity contribution >= 4 is 22.9 Å². The van der Waals surface area contributed by atoms with E-state index in [2.05, 4.69) is 4.98 Å². The number of carbonyl (C=O) groups excluding carboxylic acids is 1. The van der Waals surface area contributed by atoms with Crippen LogP contribution in [0.3, 0.4) is 0 Å². The number of ketones is 1. The highest BCUT2D eigenvalue weighted by Crippen LogP contribution is 2.18. The molecule has 5 heteroatoms. The summed E-state index contributed by atoms with van der Waals surface area (Å²) in [5.74, 6) is -0.645. The molecule has 2 rings (SSSR count). The fourth-order valence-corrected chi connectivity index (χ4v) is 1.58. The van der Waals surface area contributed by atoms with Gasteiger partial charge >= 0.3 is 5.97 Å². The Labute approximate surface area is 97.1 Å². The van der Waals surface area contributed by atoms with Gasteiger partial charge in [0, 0.05) is 18.9 Å². The van der Waals surface area contributed by atoms with Crippen molar-refractivity contribution in [2.75, 3.05) is 0 Å². The zero-order valence-electron chi connectivity index (χ0n) is 9.27. The smallest absolute Gasteiger partial charge is 0.303 e. The first kappa shape index (κ1) is 11.3. The highest BCUT2D eigenvalue weighted by Gasteiger charge is 2.11. The molecule has 0 aliphatic heterocycles. The Balaban J connectivity index is 2.23. The molecule has 0 saturated carbocycles. The van der Waals surface area contributed by atoms with Gasteiger partial charge in [-0.25, -0.2) is 4.98 Å². The lowest BCUT2D eigenvalue weighted by atomic mass is 10.1. The molecule has 0 bridgehead atoms. The van der Waals surface area contributed by atoms with E-state index in [1.165, 1.54) is 0 Å². The Morgan fingerprint density at radius 3 is 2.82 bits per heavy atom. The van der Waals surface area contributed by atoms with Crippen LogP contribution in [0.1, 0.15) is 29.1 Å². The van der Waals surface area contributed by atoms with Crippen LogP contribution in [0.4, 0.5) is 0 Å². The average Bonchev–Trinajstić information content (AvgIpc) is 2.64. The van der Waals surface area contributed by atoms with Crippen molar-refractivity contribution in [1.82, 2.24) is 4.98 Å². The quantitative estimate of drug-likeness (QED) is 0.818. The third-order valence-electron chi connectivity index (χ3n) is 2.38. The molecule has 0 amide bonds. The van der Waals surface area contributed by atoms with E-state index in [0.29, 0.717) is 22.6 Å². The van der Waals surface area contributed by atoms with Gasteiger partial charge < -0.3 is 9.52 Å². The van der Waals surface area contributed by atoms with Crippen LogP contribution in [-0.2, 0) is 4.79 Å². The second-order valence-electron chi connectivity index (χ2n) is 3.73. The Bertz CT molecular complexity index is 585. The van der Waals surface area contributed by atoms with Crippen LogP contribution in [0, 0.1) is 6.92 Å². The molecule has 0 aliphatic carbocycles. The van der Waals surface area contributed by atoms with Gasteiger partial charge in [-0.1, -0.05) is 0 Å². The SMILES string of the molecule is Cc1nc2ccc(C(=O)CCC(=O)O)cc2o1. The third-order valence-corrected chi connectivity index (χ3v) is 2.38. The lowest BCUT2D eigenvalue weighted by molar-refractivity contribution is -0.136. The van der Waals surface area contributed by atoms with Crippen molar-refractivity contribution in [3.8, 4) is 0 Å². The lowest BCUT2D eigenvalue weighted by Gasteiger charge is -1.98. The Morgan fingerprint density at radius 1 is 1.35 bits per heavy atom. The molecule has 88 valence electrons. The highest BCUT2D eigenvalue weighted by atomic mass is 16.4. The van der Waals surface area contributed by atoms with Crippen molar-refractivity contribution in [1.29, 1.82) is 0 Å². The summed E-state index contributed by atoms with van der Waals surface area (Å²) in [5, 5.41) is 8.50. The second-order valence-corrected chi connectivity index (χ2v) is 3.73. The monoisotopic (exact) mass is 233 g/mol. The molecular formula is C12H11NO4. The van der Waals surface area contributed by atoms with Crippen LogP contribution >= 0.6 is 0 Å². The van der Waals surface area contributed by atoms with Crippen molar-refractivity contribution in [3.63, 3.8) is 0 Å². The number of carboxylic acids is 1. The minimum Gasteiger partial charge on any atom is -0.481 e. The molecule has 0 spiro atoms. The minimum absolute atomic E-state index is 0.00599. The maximum Gasteiger partial charge on any atom is 0.303 e. The second kappa shape index (κ2) is 4.37. The van der Waals surface area contributed by atoms with Crippen molar-refractivity contribution in [2.45, 2.75) is 19.8 Å². The molecule has 1 heterocycles. The first-order valence-corrected chi connectivity index (χ1v) is 5.18. The number of carbonyl (C=O) groups is 2. The van der Waals surface area contributed by atoms with E-state index in [9.17, 15) is 9.59 Å². The molecule has 0 fully saturated rings. The van der Waals surface area contributed by atoms with E-state index in [1.54, 1.807) is 25.1 Å². The van der Waals surface area contributed by atoms with Crippen LogP contribution in [0.25, 0.3) is 11.1 Å². The van der Waals surface area contributed by atoms with Crippen molar-refractivity contribution in [3.05, 3.63) is 29.7 Å². The first-order valence-electron chi connectivity index (χ1n) is 5.18. The third kappa shape index (κ3) is 2.50. The number of hydrogen-bond donors (Lipinski definition) is 1. The molecule has 0 radical (unpaired) electrons. The van der Waals surface area contributed by atoms with Crippen LogP contribution in [-0.4, -0.2) is 21.8 Å². The first-order chi connectivity index (χ1) is 8.06. The molecule has 5 nitrogen and oxygen atoms in total. The maximum atomic E-state index is 11.7. The van der Waals surface area contributed by atoms with Crippen molar-refractivity contribution in [2.24, 2.45) is 0 Å². The van der Waals surface area contributed by atoms with Crippen molar-refractivity contribution < 1.29 is 19.1 Å². The molecule has 0 unspecified atom stereocenters.